The van der Waals surface area contributed by atoms with Crippen LogP contribution >= 0.6 is 28.1 Å². The molecular weight excluding hydrogens is 339 g/mol. The van der Waals surface area contributed by atoms with Gasteiger partial charge in [0, 0.05) is 6.07 Å². The minimum Gasteiger partial charge on any atom is -0.330 e. The number of imidazole rings is 1. The molecule has 0 saturated heterocycles. The van der Waals surface area contributed by atoms with E-state index in [1.165, 1.54) is 11.6 Å². The molecule has 2 nitrogen and oxygen atoms in total. The van der Waals surface area contributed by atoms with Crippen molar-refractivity contribution < 1.29 is 4.39 Å². The van der Waals surface area contributed by atoms with Crippen molar-refractivity contribution in [3.05, 3.63) is 56.5 Å². The monoisotopic (exact) mass is 350 g/mol. The Morgan fingerprint density at radius 3 is 2.75 bits per heavy atom. The van der Waals surface area contributed by atoms with Crippen LogP contribution in [0.2, 0.25) is 0 Å². The summed E-state index contributed by atoms with van der Waals surface area (Å²) < 4.78 is 16.6. The van der Waals surface area contributed by atoms with Crippen LogP contribution in [0.15, 0.2) is 34.8 Å². The summed E-state index contributed by atoms with van der Waals surface area (Å²) in [5.41, 5.74) is 4.92. The molecule has 20 heavy (non-hydrogen) atoms. The standard InChI is InChI=1S/C15H12BrFN2S/c1-8-4-3-5-13(9(8)2)19-14-6-10(16)11(17)7-12(14)18-15(19)20/h3-7H,1-2H3,(H,18,20). The molecule has 0 spiro atoms. The first-order chi connectivity index (χ1) is 9.49. The Bertz CT molecular complexity index is 879. The molecule has 0 aliphatic carbocycles. The average Bonchev–Trinajstić information content (AvgIpc) is 2.69. The number of nitrogens with one attached hydrogen (secondary N) is 1. The van der Waals surface area contributed by atoms with Gasteiger partial charge in [-0.25, -0.2) is 4.39 Å². The SMILES string of the molecule is Cc1cccc(-n2c(=S)[nH]c3cc(F)c(Br)cc32)c1C. The first-order valence-electron chi connectivity index (χ1n) is 6.15. The number of hydrogen-bond acceptors (Lipinski definition) is 1. The first-order valence-corrected chi connectivity index (χ1v) is 7.35. The summed E-state index contributed by atoms with van der Waals surface area (Å²) in [6.45, 7) is 4.12. The largest absolute Gasteiger partial charge is 0.330 e. The maximum Gasteiger partial charge on any atom is 0.182 e. The van der Waals surface area contributed by atoms with E-state index in [-0.39, 0.29) is 5.82 Å². The fourth-order valence-corrected chi connectivity index (χ4v) is 2.96. The Balaban J connectivity index is 2.42. The first kappa shape index (κ1) is 13.5. The van der Waals surface area contributed by atoms with E-state index in [0.717, 1.165) is 16.8 Å². The lowest BCUT2D eigenvalue weighted by atomic mass is 10.1. The summed E-state index contributed by atoms with van der Waals surface area (Å²) in [6, 6.07) is 9.28. The Hall–Kier alpha value is -1.46. The summed E-state index contributed by atoms with van der Waals surface area (Å²) in [5.74, 6) is -0.304. The van der Waals surface area contributed by atoms with Gasteiger partial charge in [-0.15, -0.1) is 0 Å². The number of H-pyrrole nitrogens is 1. The number of aromatic nitrogens is 2. The zero-order valence-electron chi connectivity index (χ0n) is 11.0. The van der Waals surface area contributed by atoms with Crippen molar-refractivity contribution >= 4 is 39.2 Å². The highest BCUT2D eigenvalue weighted by Crippen LogP contribution is 2.27. The van der Waals surface area contributed by atoms with Crippen molar-refractivity contribution in [2.24, 2.45) is 0 Å². The molecule has 0 atom stereocenters. The highest BCUT2D eigenvalue weighted by atomic mass is 79.9. The number of aromatic amines is 1. The molecule has 0 aliphatic rings. The normalized spacial score (nSPS) is 11.2. The smallest absolute Gasteiger partial charge is 0.182 e. The molecule has 0 bridgehead atoms. The molecule has 1 aromatic heterocycles. The zero-order chi connectivity index (χ0) is 14.4. The average molecular weight is 351 g/mol. The van der Waals surface area contributed by atoms with Crippen LogP contribution in [0.25, 0.3) is 16.7 Å². The fraction of sp³-hybridized carbons (Fsp3) is 0.133. The molecule has 0 radical (unpaired) electrons. The molecule has 0 amide bonds. The van der Waals surface area contributed by atoms with Crippen molar-refractivity contribution in [3.63, 3.8) is 0 Å². The van der Waals surface area contributed by atoms with Gasteiger partial charge in [-0.2, -0.15) is 0 Å². The molecule has 3 rings (SSSR count). The van der Waals surface area contributed by atoms with Crippen LogP contribution in [0.5, 0.6) is 0 Å². The van der Waals surface area contributed by atoms with Crippen molar-refractivity contribution in [2.45, 2.75) is 13.8 Å². The van der Waals surface area contributed by atoms with Gasteiger partial charge in [0.1, 0.15) is 5.82 Å². The molecule has 0 aliphatic heterocycles. The van der Waals surface area contributed by atoms with E-state index in [1.54, 1.807) is 6.07 Å². The van der Waals surface area contributed by atoms with E-state index in [4.69, 9.17) is 12.2 Å². The van der Waals surface area contributed by atoms with Crippen molar-refractivity contribution in [1.29, 1.82) is 0 Å². The number of nitrogens with zero attached hydrogens (tertiary/aromatic N) is 1. The molecular formula is C15H12BrFN2S. The van der Waals surface area contributed by atoms with Gasteiger partial charge in [-0.1, -0.05) is 12.1 Å². The zero-order valence-corrected chi connectivity index (χ0v) is 13.4. The van der Waals surface area contributed by atoms with Gasteiger partial charge in [0.05, 0.1) is 21.2 Å². The number of rotatable bonds is 1. The molecule has 0 unspecified atom stereocenters. The molecule has 2 aromatic carbocycles. The van der Waals surface area contributed by atoms with E-state index < -0.39 is 0 Å². The van der Waals surface area contributed by atoms with Crippen LogP contribution in [-0.2, 0) is 0 Å². The lowest BCUT2D eigenvalue weighted by molar-refractivity contribution is 0.623. The Morgan fingerprint density at radius 2 is 2.00 bits per heavy atom. The number of halogens is 2. The van der Waals surface area contributed by atoms with Crippen molar-refractivity contribution in [3.8, 4) is 5.69 Å². The summed E-state index contributed by atoms with van der Waals surface area (Å²) in [7, 11) is 0. The fourth-order valence-electron chi connectivity index (χ4n) is 2.32. The van der Waals surface area contributed by atoms with E-state index in [2.05, 4.69) is 40.8 Å². The minimum atomic E-state index is -0.304. The third-order valence-electron chi connectivity index (χ3n) is 3.54. The number of hydrogen-bond donors (Lipinski definition) is 1. The topological polar surface area (TPSA) is 20.7 Å². The number of aryl methyl sites for hydroxylation is 1. The molecule has 0 saturated carbocycles. The molecule has 3 aromatic rings. The van der Waals surface area contributed by atoms with Gasteiger partial charge in [0.15, 0.2) is 4.77 Å². The van der Waals surface area contributed by atoms with E-state index in [9.17, 15) is 4.39 Å². The van der Waals surface area contributed by atoms with Crippen LogP contribution in [0, 0.1) is 24.4 Å². The second-order valence-corrected chi connectivity index (χ2v) is 6.01. The lowest BCUT2D eigenvalue weighted by Gasteiger charge is -2.10. The van der Waals surface area contributed by atoms with Crippen molar-refractivity contribution in [2.75, 3.05) is 0 Å². The summed E-state index contributed by atoms with van der Waals surface area (Å²) in [5, 5.41) is 0. The third kappa shape index (κ3) is 2.01. The van der Waals surface area contributed by atoms with E-state index in [0.29, 0.717) is 14.8 Å². The third-order valence-corrected chi connectivity index (χ3v) is 4.43. The highest BCUT2D eigenvalue weighted by Gasteiger charge is 2.12. The quantitative estimate of drug-likeness (QED) is 0.597. The Kier molecular flexibility index (Phi) is 3.26. The van der Waals surface area contributed by atoms with Crippen LogP contribution in [0.3, 0.4) is 0 Å². The maximum atomic E-state index is 13.6. The number of fused-ring (bicyclic) bond motifs is 1. The Morgan fingerprint density at radius 1 is 1.25 bits per heavy atom. The van der Waals surface area contributed by atoms with Gasteiger partial charge >= 0.3 is 0 Å². The van der Waals surface area contributed by atoms with Gasteiger partial charge in [0.25, 0.3) is 0 Å². The summed E-state index contributed by atoms with van der Waals surface area (Å²) in [4.78, 5) is 3.06. The van der Waals surface area contributed by atoms with Gasteiger partial charge < -0.3 is 4.98 Å². The van der Waals surface area contributed by atoms with Crippen LogP contribution in [0.4, 0.5) is 4.39 Å². The molecule has 1 N–H and O–H groups in total. The predicted molar refractivity (Wildman–Crippen MR) is 85.6 cm³/mol. The van der Waals surface area contributed by atoms with Gasteiger partial charge in [-0.3, -0.25) is 4.57 Å². The van der Waals surface area contributed by atoms with Gasteiger partial charge in [-0.05, 0) is 65.3 Å². The van der Waals surface area contributed by atoms with E-state index in [1.807, 2.05) is 16.7 Å². The van der Waals surface area contributed by atoms with E-state index >= 15 is 0 Å². The predicted octanol–water partition coefficient (Wildman–Crippen LogP) is 5.21. The summed E-state index contributed by atoms with van der Waals surface area (Å²) >= 11 is 8.62. The molecule has 0 fully saturated rings. The van der Waals surface area contributed by atoms with Crippen LogP contribution in [-0.4, -0.2) is 9.55 Å². The molecule has 102 valence electrons. The van der Waals surface area contributed by atoms with Crippen molar-refractivity contribution in [1.82, 2.24) is 9.55 Å². The van der Waals surface area contributed by atoms with Gasteiger partial charge in [0.2, 0.25) is 0 Å². The second-order valence-electron chi connectivity index (χ2n) is 4.77. The second kappa shape index (κ2) is 4.82. The minimum absolute atomic E-state index is 0.304. The Labute approximate surface area is 129 Å². The van der Waals surface area contributed by atoms with Crippen LogP contribution < -0.4 is 0 Å². The lowest BCUT2D eigenvalue weighted by Crippen LogP contribution is -1.98. The maximum absolute atomic E-state index is 13.6. The van der Waals surface area contributed by atoms with Crippen LogP contribution in [0.1, 0.15) is 11.1 Å². The molecule has 5 heteroatoms. The highest BCUT2D eigenvalue weighted by molar-refractivity contribution is 9.10. The summed E-state index contributed by atoms with van der Waals surface area (Å²) in [6.07, 6.45) is 0. The molecule has 1 heterocycles. The number of benzene rings is 2.